The fourth-order valence-electron chi connectivity index (χ4n) is 2.08. The zero-order chi connectivity index (χ0) is 15.2. The van der Waals surface area contributed by atoms with Crippen molar-refractivity contribution in [3.05, 3.63) is 28.3 Å². The van der Waals surface area contributed by atoms with Crippen LogP contribution in [0.5, 0.6) is 5.75 Å². The van der Waals surface area contributed by atoms with Gasteiger partial charge in [-0.15, -0.1) is 0 Å². The third kappa shape index (κ3) is 3.91. The van der Waals surface area contributed by atoms with E-state index in [1.165, 1.54) is 12.1 Å². The molecule has 0 aliphatic carbocycles. The molecule has 7 heteroatoms. The van der Waals surface area contributed by atoms with Gasteiger partial charge in [-0.3, -0.25) is 14.9 Å². The molecule has 0 spiro atoms. The number of rotatable bonds is 6. The third-order valence-electron chi connectivity index (χ3n) is 3.12. The molecule has 1 heterocycles. The number of carbonyl (C=O) groups excluding carboxylic acids is 1. The molecule has 2 rings (SSSR count). The molecule has 1 fully saturated rings. The summed E-state index contributed by atoms with van der Waals surface area (Å²) in [7, 11) is 0. The summed E-state index contributed by atoms with van der Waals surface area (Å²) in [6.07, 6.45) is 1.74. The Bertz CT molecular complexity index is 526. The second kappa shape index (κ2) is 7.03. The van der Waals surface area contributed by atoms with E-state index in [2.05, 4.69) is 5.32 Å². The fraction of sp³-hybridized carbons (Fsp3) is 0.500. The van der Waals surface area contributed by atoms with E-state index in [1.807, 2.05) is 6.92 Å². The fourth-order valence-corrected chi connectivity index (χ4v) is 2.08. The summed E-state index contributed by atoms with van der Waals surface area (Å²) in [6.45, 7) is 2.98. The molecule has 1 aliphatic heterocycles. The first-order valence-electron chi connectivity index (χ1n) is 6.95. The first kappa shape index (κ1) is 15.2. The number of hydrogen-bond donors (Lipinski definition) is 1. The van der Waals surface area contributed by atoms with Crippen molar-refractivity contribution in [3.63, 3.8) is 0 Å². The van der Waals surface area contributed by atoms with Crippen molar-refractivity contribution in [3.8, 4) is 5.75 Å². The quantitative estimate of drug-likeness (QED) is 0.643. The van der Waals surface area contributed by atoms with Crippen LogP contribution in [-0.2, 0) is 9.53 Å². The lowest BCUT2D eigenvalue weighted by molar-refractivity contribution is -0.384. The van der Waals surface area contributed by atoms with Gasteiger partial charge >= 0.3 is 0 Å². The highest BCUT2D eigenvalue weighted by Crippen LogP contribution is 2.29. The monoisotopic (exact) mass is 294 g/mol. The average Bonchev–Trinajstić information content (AvgIpc) is 3.00. The van der Waals surface area contributed by atoms with Crippen LogP contribution in [0, 0.1) is 10.1 Å². The van der Waals surface area contributed by atoms with Crippen molar-refractivity contribution in [1.29, 1.82) is 0 Å². The largest absolute Gasteiger partial charge is 0.493 e. The summed E-state index contributed by atoms with van der Waals surface area (Å²) in [6, 6.07) is 4.41. The maximum atomic E-state index is 12.0. The van der Waals surface area contributed by atoms with Gasteiger partial charge in [0.25, 0.3) is 11.6 Å². The first-order chi connectivity index (χ1) is 10.1. The average molecular weight is 294 g/mol. The molecule has 21 heavy (non-hydrogen) atoms. The van der Waals surface area contributed by atoms with E-state index in [9.17, 15) is 14.9 Å². The number of hydrogen-bond acceptors (Lipinski definition) is 5. The van der Waals surface area contributed by atoms with Gasteiger partial charge in [0, 0.05) is 6.61 Å². The summed E-state index contributed by atoms with van der Waals surface area (Å²) in [5, 5.41) is 13.7. The van der Waals surface area contributed by atoms with Crippen LogP contribution >= 0.6 is 0 Å². The van der Waals surface area contributed by atoms with Gasteiger partial charge in [0.15, 0.2) is 0 Å². The Morgan fingerprint density at radius 1 is 1.57 bits per heavy atom. The second-order valence-corrected chi connectivity index (χ2v) is 4.78. The molecule has 0 aromatic heterocycles. The number of benzene rings is 1. The van der Waals surface area contributed by atoms with Gasteiger partial charge < -0.3 is 14.8 Å². The number of carbonyl (C=O) groups is 1. The highest BCUT2D eigenvalue weighted by molar-refractivity contribution is 5.96. The number of ether oxygens (including phenoxy) is 2. The predicted octanol–water partition coefficient (Wildman–Crippen LogP) is 2.50. The van der Waals surface area contributed by atoms with E-state index in [4.69, 9.17) is 9.47 Å². The van der Waals surface area contributed by atoms with E-state index >= 15 is 0 Å². The zero-order valence-corrected chi connectivity index (χ0v) is 11.8. The maximum absolute atomic E-state index is 12.0. The minimum Gasteiger partial charge on any atom is -0.493 e. The smallest absolute Gasteiger partial charge is 0.296 e. The number of nitro benzene ring substituents is 1. The predicted molar refractivity (Wildman–Crippen MR) is 76.5 cm³/mol. The van der Waals surface area contributed by atoms with Crippen molar-refractivity contribution < 1.29 is 19.2 Å². The molecule has 0 bridgehead atoms. The highest BCUT2D eigenvalue weighted by Gasteiger charge is 2.26. The van der Waals surface area contributed by atoms with E-state index < -0.39 is 11.0 Å². The molecule has 1 aromatic rings. The molecular weight excluding hydrogens is 276 g/mol. The molecule has 114 valence electrons. The molecule has 1 aromatic carbocycles. The van der Waals surface area contributed by atoms with Crippen LogP contribution in [0.25, 0.3) is 0 Å². The van der Waals surface area contributed by atoms with E-state index in [1.54, 1.807) is 6.07 Å². The van der Waals surface area contributed by atoms with Gasteiger partial charge in [-0.2, -0.15) is 0 Å². The molecule has 1 amide bonds. The lowest BCUT2D eigenvalue weighted by Crippen LogP contribution is -2.27. The van der Waals surface area contributed by atoms with Crippen LogP contribution in [0.3, 0.4) is 0 Å². The summed E-state index contributed by atoms with van der Waals surface area (Å²) < 4.78 is 10.6. The van der Waals surface area contributed by atoms with Crippen LogP contribution in [0.15, 0.2) is 18.2 Å². The molecule has 1 saturated heterocycles. The van der Waals surface area contributed by atoms with Crippen LogP contribution in [0.1, 0.15) is 26.2 Å². The summed E-state index contributed by atoms with van der Waals surface area (Å²) in [5.74, 6) is 0.0662. The zero-order valence-electron chi connectivity index (χ0n) is 11.8. The molecule has 0 saturated carbocycles. The van der Waals surface area contributed by atoms with Gasteiger partial charge in [-0.1, -0.05) is 6.92 Å². The molecule has 1 aliphatic rings. The Labute approximate surface area is 122 Å². The summed E-state index contributed by atoms with van der Waals surface area (Å²) >= 11 is 0. The van der Waals surface area contributed by atoms with Gasteiger partial charge in [0.1, 0.15) is 17.5 Å². The van der Waals surface area contributed by atoms with Crippen molar-refractivity contribution in [1.82, 2.24) is 0 Å². The minimum atomic E-state index is -0.538. The Balaban J connectivity index is 2.13. The van der Waals surface area contributed by atoms with Gasteiger partial charge in [-0.05, 0) is 31.4 Å². The number of amides is 1. The van der Waals surface area contributed by atoms with Crippen molar-refractivity contribution in [2.45, 2.75) is 32.3 Å². The lowest BCUT2D eigenvalue weighted by atomic mass is 10.2. The first-order valence-corrected chi connectivity index (χ1v) is 6.95. The lowest BCUT2D eigenvalue weighted by Gasteiger charge is -2.11. The van der Waals surface area contributed by atoms with Crippen LogP contribution in [0.4, 0.5) is 11.4 Å². The topological polar surface area (TPSA) is 90.7 Å². The Morgan fingerprint density at radius 2 is 2.38 bits per heavy atom. The molecule has 7 nitrogen and oxygen atoms in total. The van der Waals surface area contributed by atoms with Crippen LogP contribution in [0.2, 0.25) is 0 Å². The molecule has 1 N–H and O–H groups in total. The number of nitro groups is 1. The molecular formula is C14H18N2O5. The minimum absolute atomic E-state index is 0.157. The normalized spacial score (nSPS) is 17.5. The van der Waals surface area contributed by atoms with Gasteiger partial charge in [0.05, 0.1) is 17.6 Å². The SMILES string of the molecule is CCCOc1ccc(NC(=O)C2CCCO2)c([N+](=O)[O-])c1. The maximum Gasteiger partial charge on any atom is 0.296 e. The third-order valence-corrected chi connectivity index (χ3v) is 3.12. The Kier molecular flexibility index (Phi) is 5.10. The van der Waals surface area contributed by atoms with Crippen molar-refractivity contribution >= 4 is 17.3 Å². The summed E-state index contributed by atoms with van der Waals surface area (Å²) in [5.41, 5.74) is -0.0284. The number of nitrogens with one attached hydrogen (secondary N) is 1. The standard InChI is InChI=1S/C14H18N2O5/c1-2-7-20-10-5-6-11(12(9-10)16(18)19)15-14(17)13-4-3-8-21-13/h5-6,9,13H,2-4,7-8H2,1H3,(H,15,17). The van der Waals surface area contributed by atoms with Crippen LogP contribution in [-0.4, -0.2) is 30.1 Å². The van der Waals surface area contributed by atoms with Gasteiger partial charge in [-0.25, -0.2) is 0 Å². The Morgan fingerprint density at radius 3 is 3.00 bits per heavy atom. The molecule has 1 unspecified atom stereocenters. The van der Waals surface area contributed by atoms with E-state index in [0.29, 0.717) is 25.4 Å². The molecule has 1 atom stereocenters. The van der Waals surface area contributed by atoms with E-state index in [0.717, 1.165) is 12.8 Å². The van der Waals surface area contributed by atoms with Crippen molar-refractivity contribution in [2.24, 2.45) is 0 Å². The van der Waals surface area contributed by atoms with Crippen molar-refractivity contribution in [2.75, 3.05) is 18.5 Å². The van der Waals surface area contributed by atoms with Gasteiger partial charge in [0.2, 0.25) is 0 Å². The second-order valence-electron chi connectivity index (χ2n) is 4.78. The van der Waals surface area contributed by atoms with E-state index in [-0.39, 0.29) is 17.3 Å². The summed E-state index contributed by atoms with van der Waals surface area (Å²) in [4.78, 5) is 22.5. The highest BCUT2D eigenvalue weighted by atomic mass is 16.6. The number of anilines is 1. The number of nitrogens with zero attached hydrogens (tertiary/aromatic N) is 1. The Hall–Kier alpha value is -2.15. The molecule has 0 radical (unpaired) electrons. The van der Waals surface area contributed by atoms with Crippen LogP contribution < -0.4 is 10.1 Å².